The molecule has 8 nitrogen and oxygen atoms in total. The number of ether oxygens (including phenoxy) is 2. The first-order chi connectivity index (χ1) is 16.9. The summed E-state index contributed by atoms with van der Waals surface area (Å²) < 4.78 is 13.0. The fourth-order valence-corrected chi connectivity index (χ4v) is 4.73. The van der Waals surface area contributed by atoms with Crippen LogP contribution in [0, 0.1) is 24.0 Å². The lowest BCUT2D eigenvalue weighted by Crippen LogP contribution is -2.11. The molecular weight excluding hydrogens is 464 g/mol. The average Bonchev–Trinajstić information content (AvgIpc) is 3.23. The van der Waals surface area contributed by atoms with Crippen molar-refractivity contribution in [2.45, 2.75) is 30.9 Å². The Hall–Kier alpha value is -3.85. The molecule has 0 amide bonds. The Kier molecular flexibility index (Phi) is 7.67. The maximum absolute atomic E-state index is 11.5. The molecule has 4 rings (SSSR count). The largest absolute Gasteiger partial charge is 0.497 e. The highest BCUT2D eigenvalue weighted by Crippen LogP contribution is 2.36. The minimum absolute atomic E-state index is 0.247. The van der Waals surface area contributed by atoms with Crippen LogP contribution in [0.2, 0.25) is 0 Å². The number of benzene rings is 3. The first-order valence-electron chi connectivity index (χ1n) is 11.1. The molecular formula is C26H26N4O4S. The van der Waals surface area contributed by atoms with Gasteiger partial charge in [-0.1, -0.05) is 53.7 Å². The third kappa shape index (κ3) is 6.19. The van der Waals surface area contributed by atoms with Crippen molar-refractivity contribution in [3.05, 3.63) is 105 Å². The lowest BCUT2D eigenvalue weighted by Gasteiger charge is -2.15. The molecule has 0 aliphatic rings. The van der Waals surface area contributed by atoms with E-state index in [1.807, 2.05) is 91.2 Å². The van der Waals surface area contributed by atoms with Crippen molar-refractivity contribution in [3.63, 3.8) is 0 Å². The fourth-order valence-electron chi connectivity index (χ4n) is 3.55. The van der Waals surface area contributed by atoms with Crippen LogP contribution in [0.3, 0.4) is 0 Å². The van der Waals surface area contributed by atoms with Gasteiger partial charge in [0.05, 0.1) is 7.11 Å². The molecule has 0 aliphatic carbocycles. The van der Waals surface area contributed by atoms with Crippen molar-refractivity contribution < 1.29 is 14.4 Å². The minimum Gasteiger partial charge on any atom is -0.497 e. The Bertz CT molecular complexity index is 1270. The molecule has 0 fully saturated rings. The van der Waals surface area contributed by atoms with Gasteiger partial charge in [0.1, 0.15) is 29.2 Å². The van der Waals surface area contributed by atoms with E-state index in [1.54, 1.807) is 7.11 Å². The summed E-state index contributed by atoms with van der Waals surface area (Å²) in [6, 6.07) is 23.1. The van der Waals surface area contributed by atoms with Crippen LogP contribution >= 0.6 is 11.8 Å². The minimum atomic E-state index is -0.447. The molecule has 35 heavy (non-hydrogen) atoms. The standard InChI is InChI=1S/C26H26N4O4S/c1-18-4-6-20(7-5-18)17-34-24-12-8-21(9-13-24)25(16-29(31)32)35-26-28-27-19(2)30(26)22-10-14-23(33-3)15-11-22/h4-15,25H,16-17H2,1-3H3/t25-/m1/s1. The zero-order valence-corrected chi connectivity index (χ0v) is 20.6. The molecule has 0 saturated carbocycles. The highest BCUT2D eigenvalue weighted by Gasteiger charge is 2.24. The van der Waals surface area contributed by atoms with Gasteiger partial charge >= 0.3 is 0 Å². The summed E-state index contributed by atoms with van der Waals surface area (Å²) in [4.78, 5) is 11.2. The molecule has 0 radical (unpaired) electrons. The lowest BCUT2D eigenvalue weighted by molar-refractivity contribution is -0.479. The maximum atomic E-state index is 11.5. The van der Waals surface area contributed by atoms with E-state index in [2.05, 4.69) is 10.2 Å². The molecule has 1 heterocycles. The smallest absolute Gasteiger partial charge is 0.220 e. The number of aryl methyl sites for hydroxylation is 2. The van der Waals surface area contributed by atoms with E-state index in [0.717, 1.165) is 22.6 Å². The van der Waals surface area contributed by atoms with E-state index in [9.17, 15) is 10.1 Å². The number of nitrogens with zero attached hydrogens (tertiary/aromatic N) is 4. The van der Waals surface area contributed by atoms with Gasteiger partial charge in [0, 0.05) is 10.6 Å². The number of aromatic nitrogens is 3. The predicted octanol–water partition coefficient (Wildman–Crippen LogP) is 5.58. The van der Waals surface area contributed by atoms with Crippen molar-refractivity contribution in [2.24, 2.45) is 0 Å². The SMILES string of the molecule is COc1ccc(-n2c(C)nnc2S[C@H](C[N+](=O)[O-])c2ccc(OCc3ccc(C)cc3)cc2)cc1. The molecule has 1 aromatic heterocycles. The molecule has 0 N–H and O–H groups in total. The summed E-state index contributed by atoms with van der Waals surface area (Å²) in [5.74, 6) is 2.14. The van der Waals surface area contributed by atoms with Crippen molar-refractivity contribution in [1.82, 2.24) is 14.8 Å². The molecule has 0 unspecified atom stereocenters. The van der Waals surface area contributed by atoms with Crippen LogP contribution in [0.5, 0.6) is 11.5 Å². The number of methoxy groups -OCH3 is 1. The monoisotopic (exact) mass is 490 g/mol. The van der Waals surface area contributed by atoms with Gasteiger partial charge < -0.3 is 9.47 Å². The van der Waals surface area contributed by atoms with E-state index in [1.165, 1.54) is 17.3 Å². The third-order valence-electron chi connectivity index (χ3n) is 5.47. The van der Waals surface area contributed by atoms with E-state index in [0.29, 0.717) is 23.3 Å². The van der Waals surface area contributed by atoms with Gasteiger partial charge in [0.25, 0.3) is 0 Å². The first-order valence-corrected chi connectivity index (χ1v) is 11.9. The quantitative estimate of drug-likeness (QED) is 0.163. The molecule has 180 valence electrons. The van der Waals surface area contributed by atoms with Crippen LogP contribution in [0.4, 0.5) is 0 Å². The second-order valence-corrected chi connectivity index (χ2v) is 9.20. The molecule has 0 bridgehead atoms. The Morgan fingerprint density at radius 3 is 2.23 bits per heavy atom. The van der Waals surface area contributed by atoms with E-state index in [4.69, 9.17) is 9.47 Å². The molecule has 0 aliphatic heterocycles. The Morgan fingerprint density at radius 1 is 0.943 bits per heavy atom. The van der Waals surface area contributed by atoms with Crippen molar-refractivity contribution in [1.29, 1.82) is 0 Å². The van der Waals surface area contributed by atoms with Crippen LogP contribution in [0.1, 0.15) is 27.8 Å². The van der Waals surface area contributed by atoms with Crippen molar-refractivity contribution in [3.8, 4) is 17.2 Å². The van der Waals surface area contributed by atoms with Crippen molar-refractivity contribution >= 4 is 11.8 Å². The summed E-state index contributed by atoms with van der Waals surface area (Å²) in [6.07, 6.45) is 0. The summed E-state index contributed by atoms with van der Waals surface area (Å²) in [5, 5.41) is 20.1. The van der Waals surface area contributed by atoms with E-state index >= 15 is 0 Å². The van der Waals surface area contributed by atoms with Crippen molar-refractivity contribution in [2.75, 3.05) is 13.7 Å². The molecule has 3 aromatic carbocycles. The van der Waals surface area contributed by atoms with Gasteiger partial charge in [-0.05, 0) is 61.4 Å². The first kappa shape index (κ1) is 24.3. The van der Waals surface area contributed by atoms with Crippen LogP contribution in [-0.4, -0.2) is 33.3 Å². The maximum Gasteiger partial charge on any atom is 0.220 e. The summed E-state index contributed by atoms with van der Waals surface area (Å²) in [6.45, 7) is 4.10. The third-order valence-corrected chi connectivity index (χ3v) is 6.65. The molecule has 0 spiro atoms. The number of hydrogen-bond acceptors (Lipinski definition) is 7. The molecule has 1 atom stereocenters. The number of nitro groups is 1. The predicted molar refractivity (Wildman–Crippen MR) is 135 cm³/mol. The summed E-state index contributed by atoms with van der Waals surface area (Å²) >= 11 is 1.32. The second-order valence-electron chi connectivity index (χ2n) is 8.03. The Morgan fingerprint density at radius 2 is 1.60 bits per heavy atom. The van der Waals surface area contributed by atoms with Gasteiger partial charge in [-0.15, -0.1) is 10.2 Å². The summed E-state index contributed by atoms with van der Waals surface area (Å²) in [7, 11) is 1.61. The van der Waals surface area contributed by atoms with Crippen LogP contribution in [-0.2, 0) is 6.61 Å². The number of thioether (sulfide) groups is 1. The zero-order chi connectivity index (χ0) is 24.8. The van der Waals surface area contributed by atoms with Gasteiger partial charge in [-0.25, -0.2) is 0 Å². The van der Waals surface area contributed by atoms with Crippen LogP contribution in [0.25, 0.3) is 5.69 Å². The lowest BCUT2D eigenvalue weighted by atomic mass is 10.1. The van der Waals surface area contributed by atoms with E-state index in [-0.39, 0.29) is 11.5 Å². The number of rotatable bonds is 10. The summed E-state index contributed by atoms with van der Waals surface area (Å²) in [5.41, 5.74) is 3.95. The van der Waals surface area contributed by atoms with Gasteiger partial charge in [0.2, 0.25) is 6.54 Å². The highest BCUT2D eigenvalue weighted by atomic mass is 32.2. The average molecular weight is 491 g/mol. The van der Waals surface area contributed by atoms with Crippen LogP contribution < -0.4 is 9.47 Å². The zero-order valence-electron chi connectivity index (χ0n) is 19.7. The molecule has 4 aromatic rings. The molecule has 9 heteroatoms. The normalized spacial score (nSPS) is 11.7. The van der Waals surface area contributed by atoms with Gasteiger partial charge in [-0.3, -0.25) is 14.7 Å². The Labute approximate surface area is 208 Å². The second kappa shape index (κ2) is 11.1. The highest BCUT2D eigenvalue weighted by molar-refractivity contribution is 7.99. The topological polar surface area (TPSA) is 92.3 Å². The fraction of sp³-hybridized carbons (Fsp3) is 0.231. The van der Waals surface area contributed by atoms with E-state index < -0.39 is 5.25 Å². The van der Waals surface area contributed by atoms with Crippen LogP contribution in [0.15, 0.2) is 78.0 Å². The Balaban J connectivity index is 1.52. The number of hydrogen-bond donors (Lipinski definition) is 0. The molecule has 0 saturated heterocycles. The van der Waals surface area contributed by atoms with Gasteiger partial charge in [0.15, 0.2) is 5.16 Å². The van der Waals surface area contributed by atoms with Gasteiger partial charge in [-0.2, -0.15) is 0 Å².